The second-order valence-corrected chi connectivity index (χ2v) is 6.11. The predicted molar refractivity (Wildman–Crippen MR) is 86.3 cm³/mol. The maximum Gasteiger partial charge on any atom is 0.119 e. The first-order valence-electron chi connectivity index (χ1n) is 7.26. The number of aliphatic hydroxyl groups excluding tert-OH is 1. The molecule has 0 fully saturated rings. The summed E-state index contributed by atoms with van der Waals surface area (Å²) in [6, 6.07) is 5.45. The highest BCUT2D eigenvalue weighted by Gasteiger charge is 2.17. The Kier molecular flexibility index (Phi) is 7.46. The molecule has 1 rings (SSSR count). The van der Waals surface area contributed by atoms with E-state index in [1.54, 1.807) is 12.1 Å². The van der Waals surface area contributed by atoms with Gasteiger partial charge >= 0.3 is 0 Å². The Balaban J connectivity index is 2.27. The lowest BCUT2D eigenvalue weighted by atomic mass is 10.1. The molecule has 0 spiro atoms. The summed E-state index contributed by atoms with van der Waals surface area (Å²) in [5.74, 6) is 0.714. The number of nitrogens with one attached hydrogen (secondary N) is 1. The average molecular weight is 316 g/mol. The number of hydrogen-bond acceptors (Lipinski definition) is 4. The normalized spacial score (nSPS) is 13.2. The van der Waals surface area contributed by atoms with E-state index in [1.807, 2.05) is 33.8 Å². The van der Waals surface area contributed by atoms with Gasteiger partial charge in [-0.1, -0.05) is 11.6 Å². The third-order valence-electron chi connectivity index (χ3n) is 3.04. The van der Waals surface area contributed by atoms with E-state index >= 15 is 0 Å². The van der Waals surface area contributed by atoms with E-state index in [0.717, 1.165) is 5.56 Å². The number of rotatable bonds is 9. The van der Waals surface area contributed by atoms with Gasteiger partial charge in [-0.3, -0.25) is 0 Å². The Hall–Kier alpha value is -0.810. The van der Waals surface area contributed by atoms with Crippen molar-refractivity contribution in [3.8, 4) is 5.75 Å². The molecule has 21 heavy (non-hydrogen) atoms. The van der Waals surface area contributed by atoms with Gasteiger partial charge in [0.1, 0.15) is 18.5 Å². The standard InChI is InChI=1S/C16H26ClNO3/c1-5-21-16(3,4)11-18-9-13(19)10-20-14-6-7-15(17)12(2)8-14/h6-8,13,18-19H,5,9-11H2,1-4H3. The highest BCUT2D eigenvalue weighted by Crippen LogP contribution is 2.21. The van der Waals surface area contributed by atoms with Crippen LogP contribution in [0.1, 0.15) is 26.3 Å². The fourth-order valence-electron chi connectivity index (χ4n) is 1.94. The van der Waals surface area contributed by atoms with Crippen LogP contribution in [0.3, 0.4) is 0 Å². The lowest BCUT2D eigenvalue weighted by molar-refractivity contribution is -0.0112. The Labute approximate surface area is 132 Å². The van der Waals surface area contributed by atoms with Crippen molar-refractivity contribution in [3.63, 3.8) is 0 Å². The number of aliphatic hydroxyl groups is 1. The second-order valence-electron chi connectivity index (χ2n) is 5.70. The van der Waals surface area contributed by atoms with Gasteiger partial charge < -0.3 is 19.9 Å². The molecular weight excluding hydrogens is 290 g/mol. The third kappa shape index (κ3) is 7.14. The van der Waals surface area contributed by atoms with E-state index in [-0.39, 0.29) is 12.2 Å². The van der Waals surface area contributed by atoms with E-state index < -0.39 is 6.10 Å². The minimum atomic E-state index is -0.571. The van der Waals surface area contributed by atoms with Crippen LogP contribution in [0, 0.1) is 6.92 Å². The Morgan fingerprint density at radius 2 is 2.10 bits per heavy atom. The zero-order valence-electron chi connectivity index (χ0n) is 13.3. The van der Waals surface area contributed by atoms with Gasteiger partial charge in [-0.05, 0) is 51.5 Å². The van der Waals surface area contributed by atoms with Gasteiger partial charge in [-0.25, -0.2) is 0 Å². The molecule has 0 amide bonds. The summed E-state index contributed by atoms with van der Waals surface area (Å²) in [7, 11) is 0. The molecule has 4 nitrogen and oxygen atoms in total. The topological polar surface area (TPSA) is 50.7 Å². The number of aryl methyl sites for hydroxylation is 1. The van der Waals surface area contributed by atoms with Crippen molar-refractivity contribution < 1.29 is 14.6 Å². The van der Waals surface area contributed by atoms with Gasteiger partial charge in [0, 0.05) is 24.7 Å². The summed E-state index contributed by atoms with van der Waals surface area (Å²) < 4.78 is 11.1. The Morgan fingerprint density at radius 1 is 1.38 bits per heavy atom. The maximum atomic E-state index is 9.91. The molecule has 0 aromatic heterocycles. The Morgan fingerprint density at radius 3 is 2.71 bits per heavy atom. The first-order valence-corrected chi connectivity index (χ1v) is 7.63. The molecule has 5 heteroatoms. The molecule has 0 heterocycles. The zero-order valence-corrected chi connectivity index (χ0v) is 14.0. The van der Waals surface area contributed by atoms with E-state index in [9.17, 15) is 5.11 Å². The molecule has 0 radical (unpaired) electrons. The SMILES string of the molecule is CCOC(C)(C)CNCC(O)COc1ccc(Cl)c(C)c1. The van der Waals surface area contributed by atoms with Crippen molar-refractivity contribution in [2.45, 2.75) is 39.4 Å². The number of hydrogen-bond donors (Lipinski definition) is 2. The molecule has 0 saturated heterocycles. The molecule has 1 atom stereocenters. The minimum Gasteiger partial charge on any atom is -0.491 e. The van der Waals surface area contributed by atoms with Crippen LogP contribution in [0.15, 0.2) is 18.2 Å². The van der Waals surface area contributed by atoms with E-state index in [2.05, 4.69) is 5.32 Å². The highest BCUT2D eigenvalue weighted by molar-refractivity contribution is 6.31. The van der Waals surface area contributed by atoms with Gasteiger partial charge in [-0.15, -0.1) is 0 Å². The fraction of sp³-hybridized carbons (Fsp3) is 0.625. The quantitative estimate of drug-likeness (QED) is 0.736. The smallest absolute Gasteiger partial charge is 0.119 e. The first-order chi connectivity index (χ1) is 9.84. The summed E-state index contributed by atoms with van der Waals surface area (Å²) in [6.07, 6.45) is -0.571. The van der Waals surface area contributed by atoms with Crippen molar-refractivity contribution >= 4 is 11.6 Å². The maximum absolute atomic E-state index is 9.91. The van der Waals surface area contributed by atoms with Crippen molar-refractivity contribution in [1.29, 1.82) is 0 Å². The van der Waals surface area contributed by atoms with Crippen LogP contribution < -0.4 is 10.1 Å². The van der Waals surface area contributed by atoms with E-state index in [0.29, 0.717) is 30.5 Å². The molecule has 120 valence electrons. The molecule has 2 N–H and O–H groups in total. The molecule has 0 saturated carbocycles. The van der Waals surface area contributed by atoms with Gasteiger partial charge in [-0.2, -0.15) is 0 Å². The molecule has 0 aliphatic heterocycles. The molecule has 1 aromatic carbocycles. The van der Waals surface area contributed by atoms with Crippen LogP contribution in [-0.2, 0) is 4.74 Å². The van der Waals surface area contributed by atoms with Crippen LogP contribution >= 0.6 is 11.6 Å². The van der Waals surface area contributed by atoms with Crippen molar-refractivity contribution in [1.82, 2.24) is 5.32 Å². The van der Waals surface area contributed by atoms with Crippen molar-refractivity contribution in [2.24, 2.45) is 0 Å². The second kappa shape index (κ2) is 8.59. The summed E-state index contributed by atoms with van der Waals surface area (Å²) >= 11 is 5.95. The van der Waals surface area contributed by atoms with Gasteiger partial charge in [0.15, 0.2) is 0 Å². The van der Waals surface area contributed by atoms with Gasteiger partial charge in [0.25, 0.3) is 0 Å². The van der Waals surface area contributed by atoms with E-state index in [4.69, 9.17) is 21.1 Å². The highest BCUT2D eigenvalue weighted by atomic mass is 35.5. The van der Waals surface area contributed by atoms with Gasteiger partial charge in [0.2, 0.25) is 0 Å². The first kappa shape index (κ1) is 18.2. The van der Waals surface area contributed by atoms with E-state index in [1.165, 1.54) is 0 Å². The average Bonchev–Trinajstić information content (AvgIpc) is 2.40. The Bertz CT molecular complexity index is 438. The van der Waals surface area contributed by atoms with Crippen LogP contribution in [-0.4, -0.2) is 43.1 Å². The zero-order chi connectivity index (χ0) is 15.9. The lowest BCUT2D eigenvalue weighted by Crippen LogP contribution is -2.41. The van der Waals surface area contributed by atoms with Gasteiger partial charge in [0.05, 0.1) is 5.60 Å². The number of ether oxygens (including phenoxy) is 2. The molecule has 0 aliphatic rings. The third-order valence-corrected chi connectivity index (χ3v) is 3.46. The fourth-order valence-corrected chi connectivity index (χ4v) is 2.06. The summed E-state index contributed by atoms with van der Waals surface area (Å²) in [5.41, 5.74) is 0.725. The van der Waals surface area contributed by atoms with Crippen LogP contribution in [0.5, 0.6) is 5.75 Å². The lowest BCUT2D eigenvalue weighted by Gasteiger charge is -2.25. The number of halogens is 1. The molecule has 0 aliphatic carbocycles. The monoisotopic (exact) mass is 315 g/mol. The van der Waals surface area contributed by atoms with Crippen LogP contribution in [0.4, 0.5) is 0 Å². The molecule has 1 aromatic rings. The minimum absolute atomic E-state index is 0.234. The largest absolute Gasteiger partial charge is 0.491 e. The predicted octanol–water partition coefficient (Wildman–Crippen LogP) is 2.79. The molecule has 0 bridgehead atoms. The van der Waals surface area contributed by atoms with Crippen LogP contribution in [0.2, 0.25) is 5.02 Å². The number of benzene rings is 1. The summed E-state index contributed by atoms with van der Waals surface area (Å²) in [6.45, 7) is 9.98. The van der Waals surface area contributed by atoms with Crippen molar-refractivity contribution in [3.05, 3.63) is 28.8 Å². The van der Waals surface area contributed by atoms with Crippen LogP contribution in [0.25, 0.3) is 0 Å². The summed E-state index contributed by atoms with van der Waals surface area (Å²) in [5, 5.41) is 13.8. The van der Waals surface area contributed by atoms with Crippen molar-refractivity contribution in [2.75, 3.05) is 26.3 Å². The molecule has 1 unspecified atom stereocenters. The summed E-state index contributed by atoms with van der Waals surface area (Å²) in [4.78, 5) is 0. The molecular formula is C16H26ClNO3.